The monoisotopic (exact) mass is 181 g/mol. The van der Waals surface area contributed by atoms with Gasteiger partial charge in [0.15, 0.2) is 0 Å². The van der Waals surface area contributed by atoms with Crippen molar-refractivity contribution < 1.29 is 14.8 Å². The van der Waals surface area contributed by atoms with E-state index in [0.29, 0.717) is 13.1 Å². The first kappa shape index (κ1) is 11.1. The maximum absolute atomic E-state index is 11.4. The van der Waals surface area contributed by atoms with Crippen LogP contribution < -0.4 is 0 Å². The maximum atomic E-state index is 11.4. The van der Waals surface area contributed by atoms with Crippen LogP contribution in [0.25, 0.3) is 0 Å². The molecule has 0 aliphatic rings. The lowest BCUT2D eigenvalue weighted by Crippen LogP contribution is -2.26. The summed E-state index contributed by atoms with van der Waals surface area (Å²) in [6.07, 6.45) is 0. The second-order valence-electron chi connectivity index (χ2n) is 2.69. The van der Waals surface area contributed by atoms with E-state index in [4.69, 9.17) is 10.2 Å². The Morgan fingerprint density at radius 3 is 1.73 bits per heavy atom. The molecular formula is C6H16NO3P. The van der Waals surface area contributed by atoms with Gasteiger partial charge in [0.05, 0.1) is 13.2 Å². The number of aliphatic hydroxyl groups excluding tert-OH is 2. The number of rotatable bonds is 5. The molecule has 0 aromatic heterocycles. The van der Waals surface area contributed by atoms with E-state index in [1.807, 2.05) is 0 Å². The first-order valence-electron chi connectivity index (χ1n) is 3.54. The van der Waals surface area contributed by atoms with Gasteiger partial charge in [-0.3, -0.25) is 0 Å². The van der Waals surface area contributed by atoms with Crippen LogP contribution in [-0.4, -0.2) is 54.5 Å². The quantitative estimate of drug-likeness (QED) is 0.577. The predicted octanol–water partition coefficient (Wildman–Crippen LogP) is -0.189. The molecule has 68 valence electrons. The number of hydrogen-bond acceptors (Lipinski definition) is 3. The fourth-order valence-corrected chi connectivity index (χ4v) is 1.97. The van der Waals surface area contributed by atoms with Crippen LogP contribution in [0.3, 0.4) is 0 Å². The molecule has 0 saturated heterocycles. The average Bonchev–Trinajstić information content (AvgIpc) is 1.85. The standard InChI is InChI=1S/C6H16NO3P/c1-11(2,10)7(3-5-8)4-6-9/h8-9H,3-6H2,1-2H3. The zero-order valence-corrected chi connectivity index (χ0v) is 7.92. The summed E-state index contributed by atoms with van der Waals surface area (Å²) in [6, 6.07) is 0. The molecule has 0 aliphatic carbocycles. The zero-order valence-electron chi connectivity index (χ0n) is 7.03. The lowest BCUT2D eigenvalue weighted by molar-refractivity contribution is 0.217. The third-order valence-electron chi connectivity index (χ3n) is 1.40. The normalized spacial score (nSPS) is 12.5. The fourth-order valence-electron chi connectivity index (χ4n) is 0.824. The van der Waals surface area contributed by atoms with Crippen molar-refractivity contribution in [3.63, 3.8) is 0 Å². The van der Waals surface area contributed by atoms with Crippen LogP contribution in [0.4, 0.5) is 0 Å². The lowest BCUT2D eigenvalue weighted by atomic mass is 10.6. The first-order valence-corrected chi connectivity index (χ1v) is 6.10. The number of nitrogens with zero attached hydrogens (tertiary/aromatic N) is 1. The van der Waals surface area contributed by atoms with Gasteiger partial charge in [-0.25, -0.2) is 4.67 Å². The Labute approximate surface area is 67.3 Å². The second-order valence-corrected chi connectivity index (χ2v) is 5.85. The van der Waals surface area contributed by atoms with Crippen LogP contribution >= 0.6 is 7.29 Å². The van der Waals surface area contributed by atoms with Crippen molar-refractivity contribution in [3.8, 4) is 0 Å². The van der Waals surface area contributed by atoms with Gasteiger partial charge >= 0.3 is 0 Å². The van der Waals surface area contributed by atoms with Crippen LogP contribution in [0.5, 0.6) is 0 Å². The largest absolute Gasteiger partial charge is 0.395 e. The molecule has 0 rings (SSSR count). The molecule has 11 heavy (non-hydrogen) atoms. The highest BCUT2D eigenvalue weighted by Gasteiger charge is 2.17. The highest BCUT2D eigenvalue weighted by Crippen LogP contribution is 2.40. The van der Waals surface area contributed by atoms with Gasteiger partial charge in [0.25, 0.3) is 0 Å². The van der Waals surface area contributed by atoms with E-state index < -0.39 is 7.29 Å². The SMILES string of the molecule is CP(C)(=O)N(CCO)CCO. The highest BCUT2D eigenvalue weighted by molar-refractivity contribution is 7.59. The van der Waals surface area contributed by atoms with Gasteiger partial charge in [0, 0.05) is 26.4 Å². The van der Waals surface area contributed by atoms with Gasteiger partial charge in [-0.15, -0.1) is 0 Å². The highest BCUT2D eigenvalue weighted by atomic mass is 31.2. The van der Waals surface area contributed by atoms with Crippen molar-refractivity contribution in [2.75, 3.05) is 39.6 Å². The van der Waals surface area contributed by atoms with E-state index in [2.05, 4.69) is 0 Å². The smallest absolute Gasteiger partial charge is 0.144 e. The Bertz CT molecular complexity index is 139. The molecule has 0 radical (unpaired) electrons. The summed E-state index contributed by atoms with van der Waals surface area (Å²) in [5.41, 5.74) is 0. The van der Waals surface area contributed by atoms with Crippen LogP contribution in [0.2, 0.25) is 0 Å². The molecule has 0 heterocycles. The van der Waals surface area contributed by atoms with E-state index in [0.717, 1.165) is 0 Å². The molecule has 0 aliphatic heterocycles. The van der Waals surface area contributed by atoms with Gasteiger partial charge in [-0.05, 0) is 0 Å². The number of aliphatic hydroxyl groups is 2. The molecule has 5 heteroatoms. The lowest BCUT2D eigenvalue weighted by Gasteiger charge is -2.24. The van der Waals surface area contributed by atoms with Crippen molar-refractivity contribution in [3.05, 3.63) is 0 Å². The summed E-state index contributed by atoms with van der Waals surface area (Å²) < 4.78 is 13.0. The molecule has 0 spiro atoms. The van der Waals surface area contributed by atoms with Crippen LogP contribution in [0.1, 0.15) is 0 Å². The van der Waals surface area contributed by atoms with Gasteiger partial charge in [0.1, 0.15) is 7.29 Å². The van der Waals surface area contributed by atoms with Gasteiger partial charge in [-0.2, -0.15) is 0 Å². The van der Waals surface area contributed by atoms with E-state index in [9.17, 15) is 4.57 Å². The maximum Gasteiger partial charge on any atom is 0.144 e. The van der Waals surface area contributed by atoms with Gasteiger partial charge < -0.3 is 14.8 Å². The van der Waals surface area contributed by atoms with Gasteiger partial charge in [-0.1, -0.05) is 0 Å². The van der Waals surface area contributed by atoms with E-state index >= 15 is 0 Å². The number of hydrogen-bond donors (Lipinski definition) is 2. The van der Waals surface area contributed by atoms with Crippen molar-refractivity contribution in [2.45, 2.75) is 0 Å². The third-order valence-corrected chi connectivity index (χ3v) is 3.16. The molecule has 0 unspecified atom stereocenters. The summed E-state index contributed by atoms with van der Waals surface area (Å²) in [5.74, 6) is 0. The zero-order chi connectivity index (χ0) is 8.91. The summed E-state index contributed by atoms with van der Waals surface area (Å²) in [5, 5.41) is 17.2. The minimum Gasteiger partial charge on any atom is -0.395 e. The molecule has 0 saturated carbocycles. The first-order chi connectivity index (χ1) is 5.02. The molecule has 0 bridgehead atoms. The van der Waals surface area contributed by atoms with E-state index in [1.165, 1.54) is 0 Å². The minimum absolute atomic E-state index is 0.0222. The Hall–Kier alpha value is 0.110. The summed E-state index contributed by atoms with van der Waals surface area (Å²) >= 11 is 0. The summed E-state index contributed by atoms with van der Waals surface area (Å²) in [7, 11) is -2.30. The molecule has 0 aromatic carbocycles. The predicted molar refractivity (Wildman–Crippen MR) is 45.2 cm³/mol. The minimum atomic E-state index is -2.30. The molecule has 4 nitrogen and oxygen atoms in total. The van der Waals surface area contributed by atoms with E-state index in [-0.39, 0.29) is 13.2 Å². The fraction of sp³-hybridized carbons (Fsp3) is 1.00. The summed E-state index contributed by atoms with van der Waals surface area (Å²) in [4.78, 5) is 0. The summed E-state index contributed by atoms with van der Waals surface area (Å²) in [6.45, 7) is 3.93. The van der Waals surface area contributed by atoms with Crippen molar-refractivity contribution >= 4 is 7.29 Å². The molecular weight excluding hydrogens is 165 g/mol. The topological polar surface area (TPSA) is 60.8 Å². The Kier molecular flexibility index (Phi) is 4.93. The van der Waals surface area contributed by atoms with Gasteiger partial charge in [0.2, 0.25) is 0 Å². The molecule has 2 N–H and O–H groups in total. The van der Waals surface area contributed by atoms with Crippen LogP contribution in [-0.2, 0) is 4.57 Å². The van der Waals surface area contributed by atoms with Crippen molar-refractivity contribution in [1.82, 2.24) is 4.67 Å². The molecule has 0 aromatic rings. The molecule has 0 fully saturated rings. The Morgan fingerprint density at radius 1 is 1.18 bits per heavy atom. The molecule has 0 amide bonds. The van der Waals surface area contributed by atoms with Crippen LogP contribution in [0, 0.1) is 0 Å². The second kappa shape index (κ2) is 4.88. The molecule has 0 atom stereocenters. The third kappa shape index (κ3) is 4.53. The average molecular weight is 181 g/mol. The van der Waals surface area contributed by atoms with E-state index in [1.54, 1.807) is 18.0 Å². The Balaban J connectivity index is 3.99. The Morgan fingerprint density at radius 2 is 1.55 bits per heavy atom. The van der Waals surface area contributed by atoms with Crippen LogP contribution in [0.15, 0.2) is 0 Å². The van der Waals surface area contributed by atoms with Crippen molar-refractivity contribution in [2.24, 2.45) is 0 Å². The van der Waals surface area contributed by atoms with Crippen molar-refractivity contribution in [1.29, 1.82) is 0 Å².